The zero-order valence-electron chi connectivity index (χ0n) is 14.0. The van der Waals surface area contributed by atoms with E-state index in [0.717, 1.165) is 30.3 Å². The number of halogens is 1. The summed E-state index contributed by atoms with van der Waals surface area (Å²) in [7, 11) is 1.29. The molecule has 1 heterocycles. The first-order chi connectivity index (χ1) is 11.6. The second-order valence-corrected chi connectivity index (χ2v) is 5.72. The molecule has 0 aliphatic rings. The summed E-state index contributed by atoms with van der Waals surface area (Å²) in [6.45, 7) is 2.01. The molecule has 24 heavy (non-hydrogen) atoms. The van der Waals surface area contributed by atoms with Gasteiger partial charge in [0.2, 0.25) is 0 Å². The molecule has 0 unspecified atom stereocenters. The van der Waals surface area contributed by atoms with E-state index >= 15 is 0 Å². The summed E-state index contributed by atoms with van der Waals surface area (Å²) in [5.74, 6) is -0.801. The molecule has 1 aromatic heterocycles. The van der Waals surface area contributed by atoms with E-state index in [0.29, 0.717) is 12.0 Å². The summed E-state index contributed by atoms with van der Waals surface area (Å²) < 4.78 is 18.8. The Hall–Kier alpha value is -2.37. The fourth-order valence-corrected chi connectivity index (χ4v) is 2.68. The lowest BCUT2D eigenvalue weighted by molar-refractivity contribution is -0.142. The molecule has 0 bridgehead atoms. The van der Waals surface area contributed by atoms with Crippen LogP contribution in [0.2, 0.25) is 0 Å². The van der Waals surface area contributed by atoms with Crippen molar-refractivity contribution in [2.24, 2.45) is 0 Å². The highest BCUT2D eigenvalue weighted by Gasteiger charge is 2.20. The Kier molecular flexibility index (Phi) is 6.35. The predicted octanol–water partition coefficient (Wildman–Crippen LogP) is 3.07. The van der Waals surface area contributed by atoms with Crippen molar-refractivity contribution in [3.05, 3.63) is 36.0 Å². The second kappa shape index (κ2) is 8.47. The molecule has 6 heteroatoms. The molecule has 0 fully saturated rings. The number of rotatable bonds is 8. The van der Waals surface area contributed by atoms with Crippen molar-refractivity contribution in [2.75, 3.05) is 13.8 Å². The summed E-state index contributed by atoms with van der Waals surface area (Å²) in [5.41, 5.74) is 1.47. The third kappa shape index (κ3) is 4.13. The van der Waals surface area contributed by atoms with Crippen LogP contribution in [0.5, 0.6) is 0 Å². The Morgan fingerprint density at radius 2 is 2.00 bits per heavy atom. The van der Waals surface area contributed by atoms with Gasteiger partial charge < -0.3 is 14.6 Å². The van der Waals surface area contributed by atoms with Crippen molar-refractivity contribution < 1.29 is 18.7 Å². The third-order valence-electron chi connectivity index (χ3n) is 3.97. The zero-order chi connectivity index (χ0) is 17.5. The SMILES string of the molecule is COC(=O)[C@H](C)NC(=O)c1cn(CCCCCF)c2ccccc12. The molecule has 130 valence electrons. The molecule has 1 aromatic carbocycles. The molecule has 0 saturated carbocycles. The standard InChI is InChI=1S/C18H23FN2O3/c1-13(18(23)24-2)20-17(22)15-12-21(11-7-3-6-10-19)16-9-5-4-8-14(15)16/h4-5,8-9,12-13H,3,6-7,10-11H2,1-2H3,(H,20,22)/t13-/m0/s1. The quantitative estimate of drug-likeness (QED) is 0.596. The maximum atomic E-state index is 12.5. The van der Waals surface area contributed by atoms with Crippen LogP contribution in [0.3, 0.4) is 0 Å². The van der Waals surface area contributed by atoms with Gasteiger partial charge in [-0.1, -0.05) is 18.2 Å². The van der Waals surface area contributed by atoms with Gasteiger partial charge in [-0.05, 0) is 32.3 Å². The van der Waals surface area contributed by atoms with E-state index in [2.05, 4.69) is 10.1 Å². The Morgan fingerprint density at radius 1 is 1.25 bits per heavy atom. The largest absolute Gasteiger partial charge is 0.467 e. The van der Waals surface area contributed by atoms with Gasteiger partial charge in [-0.2, -0.15) is 0 Å². The summed E-state index contributed by atoms with van der Waals surface area (Å²) in [4.78, 5) is 24.0. The number of nitrogens with zero attached hydrogens (tertiary/aromatic N) is 1. The number of fused-ring (bicyclic) bond motifs is 1. The Morgan fingerprint density at radius 3 is 2.71 bits per heavy atom. The van der Waals surface area contributed by atoms with Gasteiger partial charge in [0.15, 0.2) is 0 Å². The van der Waals surface area contributed by atoms with Crippen LogP contribution in [0.25, 0.3) is 10.9 Å². The molecule has 2 aromatic rings. The number of methoxy groups -OCH3 is 1. The minimum absolute atomic E-state index is 0.300. The Bertz CT molecular complexity index is 711. The summed E-state index contributed by atoms with van der Waals surface area (Å²) in [6.07, 6.45) is 4.01. The third-order valence-corrected chi connectivity index (χ3v) is 3.97. The molecular formula is C18H23FN2O3. The van der Waals surface area contributed by atoms with Crippen LogP contribution >= 0.6 is 0 Å². The normalized spacial score (nSPS) is 12.1. The van der Waals surface area contributed by atoms with E-state index in [1.54, 1.807) is 13.1 Å². The van der Waals surface area contributed by atoms with Crippen molar-refractivity contribution in [2.45, 2.75) is 38.8 Å². The topological polar surface area (TPSA) is 60.3 Å². The van der Waals surface area contributed by atoms with Crippen LogP contribution in [0.15, 0.2) is 30.5 Å². The number of carbonyl (C=O) groups is 2. The molecule has 0 spiro atoms. The number of alkyl halides is 1. The zero-order valence-corrected chi connectivity index (χ0v) is 14.0. The van der Waals surface area contributed by atoms with E-state index in [-0.39, 0.29) is 12.6 Å². The van der Waals surface area contributed by atoms with Gasteiger partial charge in [0.05, 0.1) is 19.3 Å². The van der Waals surface area contributed by atoms with E-state index < -0.39 is 12.0 Å². The summed E-state index contributed by atoms with van der Waals surface area (Å²) in [5, 5.41) is 3.48. The average molecular weight is 334 g/mol. The van der Waals surface area contributed by atoms with Crippen molar-refractivity contribution in [1.29, 1.82) is 0 Å². The number of ether oxygens (including phenoxy) is 1. The van der Waals surface area contributed by atoms with Crippen LogP contribution in [0.4, 0.5) is 4.39 Å². The van der Waals surface area contributed by atoms with Crippen molar-refractivity contribution in [1.82, 2.24) is 9.88 Å². The number of para-hydroxylation sites is 1. The molecule has 0 aliphatic heterocycles. The molecule has 0 saturated heterocycles. The van der Waals surface area contributed by atoms with E-state index in [9.17, 15) is 14.0 Å². The number of nitrogens with one attached hydrogen (secondary N) is 1. The Balaban J connectivity index is 2.20. The van der Waals surface area contributed by atoms with Crippen molar-refractivity contribution in [3.8, 4) is 0 Å². The van der Waals surface area contributed by atoms with Crippen LogP contribution in [-0.2, 0) is 16.1 Å². The van der Waals surface area contributed by atoms with E-state index in [4.69, 9.17) is 0 Å². The highest BCUT2D eigenvalue weighted by Crippen LogP contribution is 2.22. The fourth-order valence-electron chi connectivity index (χ4n) is 2.68. The first-order valence-electron chi connectivity index (χ1n) is 8.11. The maximum Gasteiger partial charge on any atom is 0.328 e. The summed E-state index contributed by atoms with van der Waals surface area (Å²) >= 11 is 0. The molecule has 1 atom stereocenters. The van der Waals surface area contributed by atoms with Crippen LogP contribution in [0, 0.1) is 0 Å². The van der Waals surface area contributed by atoms with Gasteiger partial charge >= 0.3 is 5.97 Å². The lowest BCUT2D eigenvalue weighted by Gasteiger charge is -2.10. The van der Waals surface area contributed by atoms with Gasteiger partial charge in [0.1, 0.15) is 6.04 Å². The molecule has 0 aliphatic carbocycles. The van der Waals surface area contributed by atoms with E-state index in [1.165, 1.54) is 7.11 Å². The average Bonchev–Trinajstić information content (AvgIpc) is 2.97. The number of amides is 1. The number of aryl methyl sites for hydroxylation is 1. The lowest BCUT2D eigenvalue weighted by atomic mass is 10.1. The van der Waals surface area contributed by atoms with Crippen molar-refractivity contribution in [3.63, 3.8) is 0 Å². The number of unbranched alkanes of at least 4 members (excludes halogenated alkanes) is 2. The molecule has 1 amide bonds. The van der Waals surface area contributed by atoms with E-state index in [1.807, 2.05) is 28.8 Å². The maximum absolute atomic E-state index is 12.5. The molecule has 0 radical (unpaired) electrons. The highest BCUT2D eigenvalue weighted by atomic mass is 19.1. The van der Waals surface area contributed by atoms with Gasteiger partial charge in [0.25, 0.3) is 5.91 Å². The smallest absolute Gasteiger partial charge is 0.328 e. The highest BCUT2D eigenvalue weighted by molar-refractivity contribution is 6.07. The Labute approximate surface area is 140 Å². The van der Waals surface area contributed by atoms with Crippen LogP contribution in [0.1, 0.15) is 36.5 Å². The summed E-state index contributed by atoms with van der Waals surface area (Å²) in [6, 6.07) is 6.90. The first kappa shape index (κ1) is 18.0. The van der Waals surface area contributed by atoms with Crippen LogP contribution in [-0.4, -0.2) is 36.3 Å². The number of benzene rings is 1. The molecule has 2 rings (SSSR count). The first-order valence-corrected chi connectivity index (χ1v) is 8.11. The van der Waals surface area contributed by atoms with Gasteiger partial charge in [0, 0.05) is 23.6 Å². The fraction of sp³-hybridized carbons (Fsp3) is 0.444. The number of hydrogen-bond donors (Lipinski definition) is 1. The van der Waals surface area contributed by atoms with Gasteiger partial charge in [-0.15, -0.1) is 0 Å². The second-order valence-electron chi connectivity index (χ2n) is 5.72. The van der Waals surface area contributed by atoms with Gasteiger partial charge in [-0.3, -0.25) is 9.18 Å². The monoisotopic (exact) mass is 334 g/mol. The predicted molar refractivity (Wildman–Crippen MR) is 90.7 cm³/mol. The van der Waals surface area contributed by atoms with Crippen LogP contribution < -0.4 is 5.32 Å². The number of carbonyl (C=O) groups excluding carboxylic acids is 2. The molecular weight excluding hydrogens is 311 g/mol. The lowest BCUT2D eigenvalue weighted by Crippen LogP contribution is -2.39. The van der Waals surface area contributed by atoms with Crippen molar-refractivity contribution >= 4 is 22.8 Å². The number of hydrogen-bond acceptors (Lipinski definition) is 3. The minimum atomic E-state index is -0.714. The molecule has 5 nitrogen and oxygen atoms in total. The number of esters is 1. The minimum Gasteiger partial charge on any atom is -0.467 e. The molecule has 1 N–H and O–H groups in total. The number of aromatic nitrogens is 1. The van der Waals surface area contributed by atoms with Gasteiger partial charge in [-0.25, -0.2) is 4.79 Å².